The minimum absolute atomic E-state index is 0.00421. The lowest BCUT2D eigenvalue weighted by molar-refractivity contribution is -0.142. The first kappa shape index (κ1) is 31.4. The number of primary amides is 1. The number of nitrogens with one attached hydrogen (secondary N) is 5. The maximum atomic E-state index is 13.6. The maximum absolute atomic E-state index is 13.6. The summed E-state index contributed by atoms with van der Waals surface area (Å²) in [7, 11) is 0. The number of nitrogens with two attached hydrogens (primary N) is 2. The van der Waals surface area contributed by atoms with Crippen LogP contribution in [0.25, 0.3) is 10.9 Å². The predicted molar refractivity (Wildman–Crippen MR) is 160 cm³/mol. The quantitative estimate of drug-likeness (QED) is 0.0893. The van der Waals surface area contributed by atoms with Crippen molar-refractivity contribution in [2.24, 2.45) is 11.5 Å². The second-order valence-corrected chi connectivity index (χ2v) is 10.3. The van der Waals surface area contributed by atoms with Gasteiger partial charge in [0.1, 0.15) is 18.1 Å². The number of hydrogen-bond acceptors (Lipinski definition) is 7. The molecule has 4 aromatic rings. The maximum Gasteiger partial charge on any atom is 0.326 e. The van der Waals surface area contributed by atoms with Crippen molar-refractivity contribution in [2.75, 3.05) is 0 Å². The average Bonchev–Trinajstić information content (AvgIpc) is 3.66. The van der Waals surface area contributed by atoms with Gasteiger partial charge in [0.2, 0.25) is 23.6 Å². The fourth-order valence-electron chi connectivity index (χ4n) is 4.74. The van der Waals surface area contributed by atoms with Crippen molar-refractivity contribution >= 4 is 40.5 Å². The molecule has 0 saturated carbocycles. The third-order valence-electron chi connectivity index (χ3n) is 7.00. The van der Waals surface area contributed by atoms with Gasteiger partial charge in [-0.1, -0.05) is 48.5 Å². The standard InChI is InChI=1S/C30H34N8O6/c31-21(12-19-15-33-16-35-19)27(40)36-24(13-26(32)39)29(42)37-23(11-18-14-34-22-9-5-4-8-20(18)22)28(41)38-25(30(43)44)10-17-6-2-1-3-7-17/h1-9,14-16,21,23-25,34H,10-13,31H2,(H2,32,39)(H,33,35)(H,36,40)(H,37,42)(H,38,41)(H,43,44). The molecule has 0 aliphatic heterocycles. The van der Waals surface area contributed by atoms with Gasteiger partial charge < -0.3 is 42.5 Å². The summed E-state index contributed by atoms with van der Waals surface area (Å²) in [4.78, 5) is 73.6. The zero-order valence-electron chi connectivity index (χ0n) is 23.7. The Balaban J connectivity index is 1.55. The fourth-order valence-corrected chi connectivity index (χ4v) is 4.74. The fraction of sp³-hybridized carbons (Fsp3) is 0.267. The van der Waals surface area contributed by atoms with Crippen LogP contribution in [-0.2, 0) is 43.2 Å². The summed E-state index contributed by atoms with van der Waals surface area (Å²) in [5, 5.41) is 18.2. The molecule has 2 heterocycles. The Morgan fingerprint density at radius 1 is 0.795 bits per heavy atom. The number of aromatic amines is 2. The van der Waals surface area contributed by atoms with Crippen LogP contribution in [0.2, 0.25) is 0 Å². The molecule has 14 heteroatoms. The zero-order valence-corrected chi connectivity index (χ0v) is 23.7. The molecule has 4 amide bonds. The summed E-state index contributed by atoms with van der Waals surface area (Å²) in [6, 6.07) is 11.0. The molecule has 0 aliphatic carbocycles. The minimum Gasteiger partial charge on any atom is -0.480 e. The van der Waals surface area contributed by atoms with Gasteiger partial charge in [0.25, 0.3) is 0 Å². The lowest BCUT2D eigenvalue weighted by Crippen LogP contribution is -2.58. The molecule has 0 spiro atoms. The number of carbonyl (C=O) groups is 5. The van der Waals surface area contributed by atoms with Crippen molar-refractivity contribution in [3.63, 3.8) is 0 Å². The summed E-state index contributed by atoms with van der Waals surface area (Å²) in [5.74, 6) is -4.51. The van der Waals surface area contributed by atoms with E-state index in [1.807, 2.05) is 24.3 Å². The highest BCUT2D eigenvalue weighted by Gasteiger charge is 2.32. The first-order valence-electron chi connectivity index (χ1n) is 13.8. The van der Waals surface area contributed by atoms with Crippen molar-refractivity contribution in [3.8, 4) is 0 Å². The van der Waals surface area contributed by atoms with Crippen LogP contribution in [0.4, 0.5) is 0 Å². The number of H-pyrrole nitrogens is 2. The molecule has 4 unspecified atom stereocenters. The molecule has 0 fully saturated rings. The largest absolute Gasteiger partial charge is 0.480 e. The summed E-state index contributed by atoms with van der Waals surface area (Å²) < 4.78 is 0. The first-order chi connectivity index (χ1) is 21.1. The number of benzene rings is 2. The molecule has 4 atom stereocenters. The van der Waals surface area contributed by atoms with Gasteiger partial charge in [-0.2, -0.15) is 0 Å². The number of hydrogen-bond donors (Lipinski definition) is 8. The van der Waals surface area contributed by atoms with Crippen LogP contribution in [0.1, 0.15) is 23.2 Å². The molecule has 2 aromatic heterocycles. The highest BCUT2D eigenvalue weighted by atomic mass is 16.4. The smallest absolute Gasteiger partial charge is 0.326 e. The van der Waals surface area contributed by atoms with E-state index in [1.54, 1.807) is 36.5 Å². The average molecular weight is 603 g/mol. The van der Waals surface area contributed by atoms with Crippen LogP contribution in [0.15, 0.2) is 73.3 Å². The van der Waals surface area contributed by atoms with E-state index in [0.717, 1.165) is 10.9 Å². The normalized spacial score (nSPS) is 13.8. The van der Waals surface area contributed by atoms with Gasteiger partial charge in [0.05, 0.1) is 18.8 Å². The lowest BCUT2D eigenvalue weighted by Gasteiger charge is -2.25. The molecular formula is C30H34N8O6. The van der Waals surface area contributed by atoms with Crippen LogP contribution in [0.5, 0.6) is 0 Å². The number of imidazole rings is 1. The van der Waals surface area contributed by atoms with Crippen LogP contribution in [-0.4, -0.2) is 73.8 Å². The second-order valence-electron chi connectivity index (χ2n) is 10.3. The number of carboxylic acids is 1. The number of amides is 4. The Bertz CT molecular complexity index is 1600. The molecule has 44 heavy (non-hydrogen) atoms. The van der Waals surface area contributed by atoms with E-state index in [1.165, 1.54) is 12.5 Å². The van der Waals surface area contributed by atoms with Crippen molar-refractivity contribution < 1.29 is 29.1 Å². The zero-order chi connectivity index (χ0) is 31.6. The van der Waals surface area contributed by atoms with Gasteiger partial charge in [-0.25, -0.2) is 9.78 Å². The summed E-state index contributed by atoms with van der Waals surface area (Å²) in [5.41, 5.74) is 14.1. The number of rotatable bonds is 15. The molecule has 14 nitrogen and oxygen atoms in total. The van der Waals surface area contributed by atoms with E-state index in [2.05, 4.69) is 30.9 Å². The van der Waals surface area contributed by atoms with Crippen molar-refractivity contribution in [1.82, 2.24) is 30.9 Å². The van der Waals surface area contributed by atoms with E-state index in [9.17, 15) is 29.1 Å². The Morgan fingerprint density at radius 2 is 1.45 bits per heavy atom. The van der Waals surface area contributed by atoms with Gasteiger partial charge in [-0.05, 0) is 17.2 Å². The van der Waals surface area contributed by atoms with Crippen LogP contribution in [0.3, 0.4) is 0 Å². The first-order valence-corrected chi connectivity index (χ1v) is 13.8. The van der Waals surface area contributed by atoms with E-state index in [-0.39, 0.29) is 19.3 Å². The summed E-state index contributed by atoms with van der Waals surface area (Å²) in [6.45, 7) is 0. The number of carbonyl (C=O) groups excluding carboxylic acids is 4. The van der Waals surface area contributed by atoms with Crippen molar-refractivity contribution in [3.05, 3.63) is 90.1 Å². The molecule has 4 rings (SSSR count). The Kier molecular flexibility index (Phi) is 10.4. The number of nitrogens with zero attached hydrogens (tertiary/aromatic N) is 1. The van der Waals surface area contributed by atoms with Crippen molar-refractivity contribution in [2.45, 2.75) is 49.9 Å². The van der Waals surface area contributed by atoms with E-state index >= 15 is 0 Å². The molecule has 0 aliphatic rings. The number of fused-ring (bicyclic) bond motifs is 1. The van der Waals surface area contributed by atoms with Crippen LogP contribution in [0, 0.1) is 0 Å². The van der Waals surface area contributed by atoms with Crippen molar-refractivity contribution in [1.29, 1.82) is 0 Å². The number of aromatic nitrogens is 3. The Labute approximate surface area is 252 Å². The predicted octanol–water partition coefficient (Wildman–Crippen LogP) is -0.339. The number of para-hydroxylation sites is 1. The molecule has 0 saturated heterocycles. The lowest BCUT2D eigenvalue weighted by atomic mass is 10.0. The minimum atomic E-state index is -1.45. The second kappa shape index (κ2) is 14.6. The van der Waals surface area contributed by atoms with E-state index in [4.69, 9.17) is 11.5 Å². The Hall–Kier alpha value is -5.50. The SMILES string of the molecule is NC(=O)CC(NC(=O)C(N)Cc1cnc[nH]1)C(=O)NC(Cc1c[nH]c2ccccc12)C(=O)NC(Cc1ccccc1)C(=O)O. The molecular weight excluding hydrogens is 568 g/mol. The third kappa shape index (κ3) is 8.51. The molecule has 0 radical (unpaired) electrons. The molecule has 10 N–H and O–H groups in total. The van der Waals surface area contributed by atoms with Gasteiger partial charge >= 0.3 is 5.97 Å². The van der Waals surface area contributed by atoms with E-state index < -0.39 is 60.2 Å². The molecule has 2 aromatic carbocycles. The highest BCUT2D eigenvalue weighted by molar-refractivity contribution is 5.96. The van der Waals surface area contributed by atoms with Gasteiger partial charge in [-0.3, -0.25) is 19.2 Å². The summed E-state index contributed by atoms with van der Waals surface area (Å²) >= 11 is 0. The monoisotopic (exact) mass is 602 g/mol. The number of carboxylic acid groups (broad SMARTS) is 1. The highest BCUT2D eigenvalue weighted by Crippen LogP contribution is 2.19. The molecule has 0 bridgehead atoms. The van der Waals surface area contributed by atoms with Gasteiger partial charge in [0, 0.05) is 48.3 Å². The van der Waals surface area contributed by atoms with E-state index in [0.29, 0.717) is 16.8 Å². The summed E-state index contributed by atoms with van der Waals surface area (Å²) in [6.07, 6.45) is 4.10. The van der Waals surface area contributed by atoms with Gasteiger partial charge in [-0.15, -0.1) is 0 Å². The molecule has 230 valence electrons. The Morgan fingerprint density at radius 3 is 2.14 bits per heavy atom. The number of aliphatic carboxylic acids is 1. The van der Waals surface area contributed by atoms with Crippen LogP contribution < -0.4 is 27.4 Å². The van der Waals surface area contributed by atoms with Crippen LogP contribution >= 0.6 is 0 Å². The van der Waals surface area contributed by atoms with Gasteiger partial charge in [0.15, 0.2) is 0 Å². The topological polar surface area (TPSA) is 238 Å². The third-order valence-corrected chi connectivity index (χ3v) is 7.00.